The molecule has 0 aliphatic carbocycles. The van der Waals surface area contributed by atoms with Crippen molar-refractivity contribution in [3.8, 4) is 0 Å². The molecule has 5 rings (SSSR count). The molecule has 4 aromatic rings. The fourth-order valence-electron chi connectivity index (χ4n) is 3.88. The molecule has 0 unspecified atom stereocenters. The van der Waals surface area contributed by atoms with Crippen molar-refractivity contribution in [3.05, 3.63) is 86.5 Å². The van der Waals surface area contributed by atoms with Crippen molar-refractivity contribution < 1.29 is 13.6 Å². The number of halogens is 1. The molecule has 156 valence electrons. The monoisotopic (exact) mass is 435 g/mol. The van der Waals surface area contributed by atoms with E-state index in [0.717, 1.165) is 5.01 Å². The Kier molecular flexibility index (Phi) is 4.66. The van der Waals surface area contributed by atoms with Gasteiger partial charge in [0.2, 0.25) is 10.9 Å². The first-order chi connectivity index (χ1) is 15.0. The van der Waals surface area contributed by atoms with Crippen LogP contribution in [0.25, 0.3) is 11.0 Å². The lowest BCUT2D eigenvalue weighted by molar-refractivity contribution is 0.0970. The van der Waals surface area contributed by atoms with E-state index in [9.17, 15) is 14.0 Å². The normalized spacial score (nSPS) is 15.8. The molecule has 0 N–H and O–H groups in total. The summed E-state index contributed by atoms with van der Waals surface area (Å²) in [5, 5.41) is 9.82. The number of aromatic nitrogens is 2. The van der Waals surface area contributed by atoms with Crippen LogP contribution in [0.15, 0.2) is 57.7 Å². The van der Waals surface area contributed by atoms with Crippen LogP contribution in [0.4, 0.5) is 9.52 Å². The second kappa shape index (κ2) is 7.39. The molecule has 3 heterocycles. The lowest BCUT2D eigenvalue weighted by Gasteiger charge is -2.22. The van der Waals surface area contributed by atoms with Gasteiger partial charge in [-0.1, -0.05) is 55.5 Å². The van der Waals surface area contributed by atoms with Crippen LogP contribution in [0.3, 0.4) is 0 Å². The summed E-state index contributed by atoms with van der Waals surface area (Å²) in [5.41, 5.74) is 0.284. The van der Waals surface area contributed by atoms with Crippen LogP contribution < -0.4 is 10.3 Å². The van der Waals surface area contributed by atoms with Gasteiger partial charge in [-0.3, -0.25) is 14.5 Å². The van der Waals surface area contributed by atoms with Crippen molar-refractivity contribution >= 4 is 33.3 Å². The number of anilines is 1. The van der Waals surface area contributed by atoms with Crippen molar-refractivity contribution in [1.82, 2.24) is 10.2 Å². The minimum absolute atomic E-state index is 0.0856. The van der Waals surface area contributed by atoms with E-state index in [0.29, 0.717) is 28.4 Å². The zero-order valence-corrected chi connectivity index (χ0v) is 17.6. The van der Waals surface area contributed by atoms with E-state index < -0.39 is 17.8 Å². The number of hydrogen-bond acceptors (Lipinski definition) is 6. The van der Waals surface area contributed by atoms with Gasteiger partial charge in [0.1, 0.15) is 22.4 Å². The summed E-state index contributed by atoms with van der Waals surface area (Å²) in [6, 6.07) is 11.9. The van der Waals surface area contributed by atoms with Crippen LogP contribution in [0.1, 0.15) is 46.6 Å². The van der Waals surface area contributed by atoms with E-state index in [1.165, 1.54) is 22.3 Å². The summed E-state index contributed by atoms with van der Waals surface area (Å²) < 4.78 is 20.7. The van der Waals surface area contributed by atoms with Crippen LogP contribution in [0.5, 0.6) is 0 Å². The van der Waals surface area contributed by atoms with Crippen LogP contribution in [-0.4, -0.2) is 16.1 Å². The molecule has 0 spiro atoms. The predicted molar refractivity (Wildman–Crippen MR) is 116 cm³/mol. The van der Waals surface area contributed by atoms with E-state index in [4.69, 9.17) is 4.42 Å². The van der Waals surface area contributed by atoms with Gasteiger partial charge in [-0.25, -0.2) is 4.39 Å². The highest BCUT2D eigenvalue weighted by Gasteiger charge is 2.46. The highest BCUT2D eigenvalue weighted by atomic mass is 32.1. The average molecular weight is 435 g/mol. The molecule has 6 nitrogen and oxygen atoms in total. The summed E-state index contributed by atoms with van der Waals surface area (Å²) in [5.74, 6) is -0.767. The molecular formula is C23H18FN3O3S. The molecule has 0 saturated heterocycles. The molecule has 1 amide bonds. The van der Waals surface area contributed by atoms with Gasteiger partial charge < -0.3 is 4.42 Å². The maximum Gasteiger partial charge on any atom is 0.297 e. The second-order valence-corrected chi connectivity index (χ2v) is 8.89. The Hall–Kier alpha value is -3.39. The summed E-state index contributed by atoms with van der Waals surface area (Å²) in [7, 11) is 0. The summed E-state index contributed by atoms with van der Waals surface area (Å²) in [4.78, 5) is 28.2. The Morgan fingerprint density at radius 3 is 2.61 bits per heavy atom. The molecule has 1 aliphatic rings. The molecule has 31 heavy (non-hydrogen) atoms. The van der Waals surface area contributed by atoms with Gasteiger partial charge in [0, 0.05) is 12.0 Å². The highest BCUT2D eigenvalue weighted by Crippen LogP contribution is 2.42. The highest BCUT2D eigenvalue weighted by molar-refractivity contribution is 7.15. The standard InChI is InChI=1S/C23H18FN3O3S/c1-12(2)11-17-25-26-23(31-17)27-19(13-7-3-5-9-15(13)24)18-20(28)14-8-4-6-10-16(14)30-21(18)22(27)29/h3-10,12,19H,11H2,1-2H3/t19-/m0/s1. The molecule has 0 saturated carbocycles. The second-order valence-electron chi connectivity index (χ2n) is 7.85. The van der Waals surface area contributed by atoms with Gasteiger partial charge in [0.25, 0.3) is 5.91 Å². The molecule has 2 aromatic carbocycles. The summed E-state index contributed by atoms with van der Waals surface area (Å²) >= 11 is 1.26. The van der Waals surface area contributed by atoms with Crippen LogP contribution in [-0.2, 0) is 6.42 Å². The fourth-order valence-corrected chi connectivity index (χ4v) is 4.96. The quantitative estimate of drug-likeness (QED) is 0.463. The van der Waals surface area contributed by atoms with E-state index in [1.807, 2.05) is 0 Å². The molecule has 8 heteroatoms. The molecule has 2 aromatic heterocycles. The van der Waals surface area contributed by atoms with Crippen molar-refractivity contribution in [1.29, 1.82) is 0 Å². The topological polar surface area (TPSA) is 76.3 Å². The average Bonchev–Trinajstić information content (AvgIpc) is 3.30. The van der Waals surface area contributed by atoms with E-state index >= 15 is 0 Å². The smallest absolute Gasteiger partial charge is 0.297 e. The number of benzene rings is 2. The van der Waals surface area contributed by atoms with Crippen LogP contribution >= 0.6 is 11.3 Å². The zero-order valence-electron chi connectivity index (χ0n) is 16.8. The third kappa shape index (κ3) is 3.14. The van der Waals surface area contributed by atoms with E-state index in [-0.39, 0.29) is 22.3 Å². The number of para-hydroxylation sites is 1. The SMILES string of the molecule is CC(C)Cc1nnc(N2C(=O)c3oc4ccccc4c(=O)c3[C@@H]2c2ccccc2F)s1. The van der Waals surface area contributed by atoms with Gasteiger partial charge >= 0.3 is 0 Å². The number of rotatable bonds is 4. The zero-order chi connectivity index (χ0) is 21.7. The maximum absolute atomic E-state index is 14.9. The first kappa shape index (κ1) is 19.6. The number of carbonyl (C=O) groups excluding carboxylic acids is 1. The van der Waals surface area contributed by atoms with Gasteiger partial charge in [-0.05, 0) is 24.1 Å². The lowest BCUT2D eigenvalue weighted by Crippen LogP contribution is -2.30. The van der Waals surface area contributed by atoms with Crippen molar-refractivity contribution in [2.24, 2.45) is 5.92 Å². The van der Waals surface area contributed by atoms with Gasteiger partial charge in [0.15, 0.2) is 5.43 Å². The first-order valence-electron chi connectivity index (χ1n) is 9.91. The predicted octanol–water partition coefficient (Wildman–Crippen LogP) is 4.73. The molecule has 0 fully saturated rings. The van der Waals surface area contributed by atoms with Crippen molar-refractivity contribution in [2.45, 2.75) is 26.3 Å². The Morgan fingerprint density at radius 2 is 1.84 bits per heavy atom. The third-order valence-electron chi connectivity index (χ3n) is 5.22. The lowest BCUT2D eigenvalue weighted by atomic mass is 9.98. The van der Waals surface area contributed by atoms with Gasteiger partial charge in [-0.15, -0.1) is 10.2 Å². The molecular weight excluding hydrogens is 417 g/mol. The number of amides is 1. The third-order valence-corrected chi connectivity index (χ3v) is 6.17. The van der Waals surface area contributed by atoms with Crippen LogP contribution in [0.2, 0.25) is 0 Å². The molecule has 0 bridgehead atoms. The Morgan fingerprint density at radius 1 is 1.10 bits per heavy atom. The molecule has 0 radical (unpaired) electrons. The van der Waals surface area contributed by atoms with Crippen LogP contribution in [0, 0.1) is 11.7 Å². The fraction of sp³-hybridized carbons (Fsp3) is 0.217. The minimum atomic E-state index is -0.982. The minimum Gasteiger partial charge on any atom is -0.450 e. The number of nitrogens with zero attached hydrogens (tertiary/aromatic N) is 3. The van der Waals surface area contributed by atoms with E-state index in [2.05, 4.69) is 24.0 Å². The molecule has 1 atom stereocenters. The largest absolute Gasteiger partial charge is 0.450 e. The Labute approximate surface area is 181 Å². The summed E-state index contributed by atoms with van der Waals surface area (Å²) in [6.07, 6.45) is 0.706. The number of fused-ring (bicyclic) bond motifs is 2. The van der Waals surface area contributed by atoms with Crippen molar-refractivity contribution in [2.75, 3.05) is 4.90 Å². The Balaban J connectivity index is 1.76. The van der Waals surface area contributed by atoms with Gasteiger partial charge in [0.05, 0.1) is 10.9 Å². The number of carbonyl (C=O) groups is 1. The number of hydrogen-bond donors (Lipinski definition) is 0. The molecule has 1 aliphatic heterocycles. The maximum atomic E-state index is 14.9. The Bertz CT molecular complexity index is 1380. The first-order valence-corrected chi connectivity index (χ1v) is 10.7. The van der Waals surface area contributed by atoms with Gasteiger partial charge in [-0.2, -0.15) is 0 Å². The van der Waals surface area contributed by atoms with E-state index in [1.54, 1.807) is 42.5 Å². The van der Waals surface area contributed by atoms with Crippen molar-refractivity contribution in [3.63, 3.8) is 0 Å². The summed E-state index contributed by atoms with van der Waals surface area (Å²) in [6.45, 7) is 4.13.